The quantitative estimate of drug-likeness (QED) is 0.0302. The molecule has 0 aliphatic heterocycles. The summed E-state index contributed by atoms with van der Waals surface area (Å²) < 4.78 is 7.30. The molecule has 0 heterocycles. The second-order valence-electron chi connectivity index (χ2n) is 14.0. The maximum Gasteiger partial charge on any atom is 0.182 e. The molecule has 0 spiro atoms. The van der Waals surface area contributed by atoms with Crippen LogP contribution in [-0.2, 0) is 4.74 Å². The molecule has 0 aliphatic rings. The Morgan fingerprint density at radius 2 is 0.750 bits per heavy atom. The first-order chi connectivity index (χ1) is 21.0. The van der Waals surface area contributed by atoms with Crippen molar-refractivity contribution < 1.29 is 21.6 Å². The molecule has 0 aliphatic carbocycles. The highest BCUT2D eigenvalue weighted by molar-refractivity contribution is 4.93. The van der Waals surface area contributed by atoms with Crippen molar-refractivity contribution >= 4 is 0 Å². The molecular weight excluding hydrogens is 558 g/mol. The highest BCUT2D eigenvalue weighted by atomic mass is 35.5. The highest BCUT2D eigenvalue weighted by Gasteiger charge is 2.14. The molecule has 0 bridgehead atoms. The summed E-state index contributed by atoms with van der Waals surface area (Å²) >= 11 is 0. The second-order valence-corrected chi connectivity index (χ2v) is 14.0. The van der Waals surface area contributed by atoms with Crippen LogP contribution in [0, 0.1) is 0 Å². The van der Waals surface area contributed by atoms with Crippen molar-refractivity contribution in [2.24, 2.45) is 0 Å². The first-order valence-electron chi connectivity index (χ1n) is 19.0. The van der Waals surface area contributed by atoms with Gasteiger partial charge in [-0.2, -0.15) is 0 Å². The van der Waals surface area contributed by atoms with Crippen molar-refractivity contribution in [3.63, 3.8) is 0 Å². The van der Waals surface area contributed by atoms with Crippen molar-refractivity contribution in [1.82, 2.24) is 0 Å². The molecule has 0 rings (SSSR count). The minimum Gasteiger partial charge on any atom is -1.00 e. The highest BCUT2D eigenvalue weighted by Crippen LogP contribution is 2.18. The van der Waals surface area contributed by atoms with Gasteiger partial charge in [0.25, 0.3) is 0 Å². The van der Waals surface area contributed by atoms with Crippen LogP contribution in [0.2, 0.25) is 0 Å². The van der Waals surface area contributed by atoms with Crippen LogP contribution in [0.3, 0.4) is 0 Å². The van der Waals surface area contributed by atoms with Crippen LogP contribution < -0.4 is 12.4 Å². The molecule has 3 heteroatoms. The van der Waals surface area contributed by atoms with E-state index in [1.807, 2.05) is 0 Å². The van der Waals surface area contributed by atoms with Crippen molar-refractivity contribution in [3.05, 3.63) is 48.6 Å². The summed E-state index contributed by atoms with van der Waals surface area (Å²) in [6.45, 7) is 5.37. The fourth-order valence-electron chi connectivity index (χ4n) is 5.36. The van der Waals surface area contributed by atoms with E-state index in [2.05, 4.69) is 83.6 Å². The second kappa shape index (κ2) is 36.6. The summed E-state index contributed by atoms with van der Waals surface area (Å²) in [7, 11) is 6.70. The molecule has 0 atom stereocenters. The monoisotopic (exact) mass is 636 g/mol. The number of hydrogen-bond donors (Lipinski definition) is 0. The number of allylic oxidation sites excluding steroid dienone is 8. The summed E-state index contributed by atoms with van der Waals surface area (Å²) in [4.78, 5) is 0. The van der Waals surface area contributed by atoms with Gasteiger partial charge in [0.2, 0.25) is 0 Å². The Kier molecular flexibility index (Phi) is 37.7. The Hall–Kier alpha value is -0.830. The summed E-state index contributed by atoms with van der Waals surface area (Å²) in [5, 5.41) is 0. The zero-order chi connectivity index (χ0) is 31.5. The van der Waals surface area contributed by atoms with Crippen LogP contribution in [0.15, 0.2) is 48.6 Å². The number of ether oxygens (including phenoxy) is 1. The van der Waals surface area contributed by atoms with Gasteiger partial charge in [0, 0.05) is 0 Å². The van der Waals surface area contributed by atoms with E-state index in [1.54, 1.807) is 0 Å². The zero-order valence-corrected chi connectivity index (χ0v) is 31.3. The molecule has 260 valence electrons. The van der Waals surface area contributed by atoms with E-state index >= 15 is 0 Å². The third kappa shape index (κ3) is 39.2. The zero-order valence-electron chi connectivity index (χ0n) is 30.5. The minimum atomic E-state index is 0. The molecule has 0 unspecified atom stereocenters. The van der Waals surface area contributed by atoms with Crippen molar-refractivity contribution in [2.45, 2.75) is 187 Å². The Morgan fingerprint density at radius 1 is 0.432 bits per heavy atom. The van der Waals surface area contributed by atoms with Crippen LogP contribution in [0.4, 0.5) is 0 Å². The Balaban J connectivity index is 0. The average Bonchev–Trinajstić information content (AvgIpc) is 2.98. The predicted molar refractivity (Wildman–Crippen MR) is 196 cm³/mol. The van der Waals surface area contributed by atoms with Gasteiger partial charge in [-0.1, -0.05) is 152 Å². The van der Waals surface area contributed by atoms with Gasteiger partial charge in [0.1, 0.15) is 0 Å². The van der Waals surface area contributed by atoms with Gasteiger partial charge in [-0.05, 0) is 77.0 Å². The number of hydrogen-bond acceptors (Lipinski definition) is 1. The Morgan fingerprint density at radius 3 is 1.09 bits per heavy atom. The topological polar surface area (TPSA) is 9.23 Å². The Bertz CT molecular complexity index is 612. The number of rotatable bonds is 33. The van der Waals surface area contributed by atoms with Gasteiger partial charge in [0.15, 0.2) is 6.73 Å². The maximum atomic E-state index is 6.40. The van der Waals surface area contributed by atoms with E-state index in [4.69, 9.17) is 4.74 Å². The lowest BCUT2D eigenvalue weighted by atomic mass is 10.0. The van der Waals surface area contributed by atoms with E-state index in [0.717, 1.165) is 24.1 Å². The van der Waals surface area contributed by atoms with Crippen molar-refractivity contribution in [1.29, 1.82) is 0 Å². The van der Waals surface area contributed by atoms with Crippen LogP contribution in [0.5, 0.6) is 0 Å². The van der Waals surface area contributed by atoms with E-state index in [9.17, 15) is 0 Å². The van der Waals surface area contributed by atoms with Gasteiger partial charge in [0.05, 0.1) is 27.2 Å². The average molecular weight is 637 g/mol. The van der Waals surface area contributed by atoms with Crippen molar-refractivity contribution in [3.8, 4) is 0 Å². The van der Waals surface area contributed by atoms with E-state index < -0.39 is 0 Å². The standard InChI is InChI=1S/C41H78NO.ClH/c1-6-8-10-12-14-16-18-20-22-24-26-28-30-32-34-36-38-41(43-40-42(3,4)5)39-37-35-33-31-29-27-25-23-21-19-17-15-13-11-9-7-2;/h14-17,20-23,41H,6-13,18-19,24-40H2,1-5H3;1H/q+1;/p-1/b16-14-,17-15-,22-20-,23-21-;. The number of unbranched alkanes of at least 4 members (excludes halogenated alkanes) is 18. The molecule has 44 heavy (non-hydrogen) atoms. The lowest BCUT2D eigenvalue weighted by Crippen LogP contribution is -3.00. The van der Waals surface area contributed by atoms with E-state index in [0.29, 0.717) is 6.10 Å². The summed E-state index contributed by atoms with van der Waals surface area (Å²) in [6, 6.07) is 0. The number of nitrogens with zero attached hydrogens (tertiary/aromatic N) is 1. The molecule has 0 radical (unpaired) electrons. The molecule has 0 saturated carbocycles. The molecule has 0 N–H and O–H groups in total. The molecule has 0 amide bonds. The summed E-state index contributed by atoms with van der Waals surface area (Å²) in [6.07, 6.45) is 53.5. The van der Waals surface area contributed by atoms with Gasteiger partial charge >= 0.3 is 0 Å². The largest absolute Gasteiger partial charge is 1.00 e. The van der Waals surface area contributed by atoms with Crippen LogP contribution >= 0.6 is 0 Å². The molecule has 0 fully saturated rings. The smallest absolute Gasteiger partial charge is 0.182 e. The number of halogens is 1. The molecule has 2 nitrogen and oxygen atoms in total. The van der Waals surface area contributed by atoms with Crippen molar-refractivity contribution in [2.75, 3.05) is 27.9 Å². The molecule has 0 aromatic heterocycles. The number of quaternary nitrogens is 1. The summed E-state index contributed by atoms with van der Waals surface area (Å²) in [5.41, 5.74) is 0. The van der Waals surface area contributed by atoms with E-state index in [1.165, 1.54) is 154 Å². The van der Waals surface area contributed by atoms with E-state index in [-0.39, 0.29) is 12.4 Å². The summed E-state index contributed by atoms with van der Waals surface area (Å²) in [5.74, 6) is 0. The van der Waals surface area contributed by atoms with Gasteiger partial charge in [-0.15, -0.1) is 0 Å². The maximum absolute atomic E-state index is 6.40. The van der Waals surface area contributed by atoms with Crippen LogP contribution in [-0.4, -0.2) is 38.5 Å². The van der Waals surface area contributed by atoms with Gasteiger partial charge in [-0.25, -0.2) is 0 Å². The molecule has 0 aromatic carbocycles. The normalized spacial score (nSPS) is 12.6. The SMILES string of the molecule is CCCCC/C=C\C/C=C\CCCCCCCCC(CCCCCCCC/C=C\C/C=C\CCCCC)OC[N+](C)(C)C.[Cl-]. The molecule has 0 saturated heterocycles. The predicted octanol–water partition coefficient (Wildman–Crippen LogP) is 10.4. The molecular formula is C41H78ClNO. The minimum absolute atomic E-state index is 0. The first-order valence-corrected chi connectivity index (χ1v) is 19.0. The van der Waals surface area contributed by atoms with Gasteiger partial charge < -0.3 is 21.6 Å². The Labute approximate surface area is 284 Å². The van der Waals surface area contributed by atoms with Crippen LogP contribution in [0.25, 0.3) is 0 Å². The first kappa shape index (κ1) is 45.3. The fourth-order valence-corrected chi connectivity index (χ4v) is 5.36. The van der Waals surface area contributed by atoms with Crippen LogP contribution in [0.1, 0.15) is 181 Å². The van der Waals surface area contributed by atoms with Gasteiger partial charge in [-0.3, -0.25) is 0 Å². The molecule has 0 aromatic rings. The third-order valence-electron chi connectivity index (χ3n) is 8.15. The lowest BCUT2D eigenvalue weighted by molar-refractivity contribution is -0.891. The fraction of sp³-hybridized carbons (Fsp3) is 0.805. The lowest BCUT2D eigenvalue weighted by Gasteiger charge is -2.27. The third-order valence-corrected chi connectivity index (χ3v) is 8.15.